The largest absolute Gasteiger partial charge is 0.454 e. The molecule has 10 nitrogen and oxygen atoms in total. The zero-order chi connectivity index (χ0) is 27.4. The Hall–Kier alpha value is -5.14. The smallest absolute Gasteiger partial charge is 0.420 e. The average Bonchev–Trinajstić information content (AvgIpc) is 3.57. The van der Waals surface area contributed by atoms with Crippen molar-refractivity contribution in [2.24, 2.45) is 12.2 Å². The van der Waals surface area contributed by atoms with Crippen molar-refractivity contribution in [3.63, 3.8) is 0 Å². The molecule has 0 N–H and O–H groups in total. The van der Waals surface area contributed by atoms with E-state index >= 15 is 0 Å². The Morgan fingerprint density at radius 2 is 1.72 bits per heavy atom. The van der Waals surface area contributed by atoms with Crippen molar-refractivity contribution in [1.82, 2.24) is 30.4 Å². The fourth-order valence-electron chi connectivity index (χ4n) is 3.45. The van der Waals surface area contributed by atoms with Gasteiger partial charge in [0.2, 0.25) is 11.7 Å². The van der Waals surface area contributed by atoms with Crippen LogP contribution in [0, 0.1) is 5.82 Å². The van der Waals surface area contributed by atoms with E-state index in [2.05, 4.69) is 30.9 Å². The lowest BCUT2D eigenvalue weighted by molar-refractivity contribution is -0.138. The van der Waals surface area contributed by atoms with Crippen LogP contribution in [0.1, 0.15) is 22.8 Å². The first-order valence-electron chi connectivity index (χ1n) is 11.2. The number of tetrazole rings is 1. The number of aromatic nitrogens is 6. The predicted octanol–water partition coefficient (Wildman–Crippen LogP) is 5.18. The van der Waals surface area contributed by atoms with Gasteiger partial charge >= 0.3 is 6.18 Å². The molecule has 0 aliphatic carbocycles. The predicted molar refractivity (Wildman–Crippen MR) is 127 cm³/mol. The molecule has 2 heterocycles. The number of rotatable bonds is 8. The van der Waals surface area contributed by atoms with E-state index in [0.29, 0.717) is 17.1 Å². The summed E-state index contributed by atoms with van der Waals surface area (Å²) >= 11 is 0. The van der Waals surface area contributed by atoms with Crippen molar-refractivity contribution in [2.45, 2.75) is 12.8 Å². The van der Waals surface area contributed by atoms with E-state index in [1.54, 1.807) is 31.3 Å². The molecule has 2 aromatic heterocycles. The third kappa shape index (κ3) is 5.74. The zero-order valence-electron chi connectivity index (χ0n) is 20.0. The minimum Gasteiger partial charge on any atom is -0.454 e. The van der Waals surface area contributed by atoms with E-state index in [-0.39, 0.29) is 29.7 Å². The first-order chi connectivity index (χ1) is 18.8. The topological polar surface area (TPSA) is 113 Å². The Labute approximate surface area is 217 Å². The summed E-state index contributed by atoms with van der Waals surface area (Å²) in [7, 11) is 1.64. The maximum absolute atomic E-state index is 13.9. The number of hydrogen-bond donors (Lipinski definition) is 0. The van der Waals surface area contributed by atoms with Gasteiger partial charge in [-0.3, -0.25) is 0 Å². The van der Waals surface area contributed by atoms with E-state index in [9.17, 15) is 17.6 Å². The SMILES string of the molecule is Cn1nnnc1/C(=N\OCc1nnc(-c2ccc(Oc3ccccc3F)c(C(F)(F)F)c2)o1)c1ccccc1. The van der Waals surface area contributed by atoms with Gasteiger partial charge in [0, 0.05) is 18.2 Å². The third-order valence-corrected chi connectivity index (χ3v) is 5.28. The highest BCUT2D eigenvalue weighted by atomic mass is 19.4. The molecule has 0 saturated heterocycles. The summed E-state index contributed by atoms with van der Waals surface area (Å²) in [5.74, 6) is -1.63. The molecule has 0 unspecified atom stereocenters. The summed E-state index contributed by atoms with van der Waals surface area (Å²) in [5.41, 5.74) is -0.156. The minimum atomic E-state index is -4.81. The Kier molecular flexibility index (Phi) is 6.99. The molecule has 0 radical (unpaired) electrons. The summed E-state index contributed by atoms with van der Waals surface area (Å²) in [5, 5.41) is 23.1. The van der Waals surface area contributed by atoms with Gasteiger partial charge in [0.25, 0.3) is 5.89 Å². The van der Waals surface area contributed by atoms with Crippen molar-refractivity contribution in [2.75, 3.05) is 0 Å². The van der Waals surface area contributed by atoms with E-state index in [4.69, 9.17) is 14.0 Å². The zero-order valence-corrected chi connectivity index (χ0v) is 20.0. The molecule has 0 bridgehead atoms. The van der Waals surface area contributed by atoms with Gasteiger partial charge in [-0.05, 0) is 40.8 Å². The second kappa shape index (κ2) is 10.7. The number of nitrogens with zero attached hydrogens (tertiary/aromatic N) is 7. The van der Waals surface area contributed by atoms with Crippen LogP contribution in [0.15, 0.2) is 82.4 Å². The fourth-order valence-corrected chi connectivity index (χ4v) is 3.45. The van der Waals surface area contributed by atoms with Gasteiger partial charge in [0.05, 0.1) is 5.56 Å². The van der Waals surface area contributed by atoms with Gasteiger partial charge in [0.15, 0.2) is 23.9 Å². The van der Waals surface area contributed by atoms with Crippen molar-refractivity contribution in [1.29, 1.82) is 0 Å². The number of hydrogen-bond acceptors (Lipinski definition) is 9. The first-order valence-corrected chi connectivity index (χ1v) is 11.2. The molecule has 0 spiro atoms. The Morgan fingerprint density at radius 3 is 2.44 bits per heavy atom. The molecule has 5 rings (SSSR count). The van der Waals surface area contributed by atoms with E-state index in [1.165, 1.54) is 28.9 Å². The summed E-state index contributed by atoms with van der Waals surface area (Å²) in [6, 6.07) is 17.3. The van der Waals surface area contributed by atoms with Crippen LogP contribution < -0.4 is 4.74 Å². The van der Waals surface area contributed by atoms with Gasteiger partial charge in [-0.25, -0.2) is 9.07 Å². The number of benzene rings is 3. The third-order valence-electron chi connectivity index (χ3n) is 5.28. The van der Waals surface area contributed by atoms with Crippen LogP contribution >= 0.6 is 0 Å². The van der Waals surface area contributed by atoms with Gasteiger partial charge in [-0.2, -0.15) is 13.2 Å². The molecule has 198 valence electrons. The van der Waals surface area contributed by atoms with Crippen LogP contribution in [0.3, 0.4) is 0 Å². The van der Waals surface area contributed by atoms with E-state index < -0.39 is 23.3 Å². The molecule has 0 saturated carbocycles. The average molecular weight is 539 g/mol. The molecule has 14 heteroatoms. The highest BCUT2D eigenvalue weighted by molar-refractivity contribution is 6.10. The Morgan fingerprint density at radius 1 is 0.949 bits per heavy atom. The normalized spacial score (nSPS) is 12.0. The number of para-hydroxylation sites is 1. The summed E-state index contributed by atoms with van der Waals surface area (Å²) in [4.78, 5) is 5.39. The molecular weight excluding hydrogens is 522 g/mol. The number of aryl methyl sites for hydroxylation is 1. The number of alkyl halides is 3. The second-order valence-electron chi connectivity index (χ2n) is 7.95. The van der Waals surface area contributed by atoms with E-state index in [1.807, 2.05) is 6.07 Å². The molecule has 0 aliphatic rings. The number of oxime groups is 1. The van der Waals surface area contributed by atoms with Crippen molar-refractivity contribution in [3.8, 4) is 23.0 Å². The minimum absolute atomic E-state index is 0.0272. The maximum Gasteiger partial charge on any atom is 0.420 e. The van der Waals surface area contributed by atoms with Crippen LogP contribution in [-0.4, -0.2) is 36.1 Å². The van der Waals surface area contributed by atoms with Crippen molar-refractivity contribution in [3.05, 3.63) is 101 Å². The number of ether oxygens (including phenoxy) is 1. The van der Waals surface area contributed by atoms with Crippen molar-refractivity contribution >= 4 is 5.71 Å². The Balaban J connectivity index is 1.36. The summed E-state index contributed by atoms with van der Waals surface area (Å²) in [6.45, 7) is -0.283. The molecule has 5 aromatic rings. The summed E-state index contributed by atoms with van der Waals surface area (Å²) < 4.78 is 67.4. The van der Waals surface area contributed by atoms with Crippen molar-refractivity contribution < 1.29 is 31.6 Å². The van der Waals surface area contributed by atoms with Crippen LogP contribution in [0.2, 0.25) is 0 Å². The van der Waals surface area contributed by atoms with Gasteiger partial charge < -0.3 is 14.0 Å². The maximum atomic E-state index is 13.9. The van der Waals surface area contributed by atoms with Gasteiger partial charge in [-0.15, -0.1) is 15.3 Å². The highest BCUT2D eigenvalue weighted by Crippen LogP contribution is 2.40. The second-order valence-corrected chi connectivity index (χ2v) is 7.95. The lowest BCUT2D eigenvalue weighted by Crippen LogP contribution is -2.12. The fraction of sp³-hybridized carbons (Fsp3) is 0.120. The molecule has 0 fully saturated rings. The van der Waals surface area contributed by atoms with Crippen LogP contribution in [-0.2, 0) is 24.7 Å². The van der Waals surface area contributed by atoms with Gasteiger partial charge in [0.1, 0.15) is 5.75 Å². The Bertz CT molecular complexity index is 1620. The standard InChI is InChI=1S/C25H17F4N7O3/c1-36-23(31-34-35-36)22(15-7-3-2-4-8-15)33-37-14-21-30-32-24(39-21)16-11-12-19(17(13-16)25(27,28)29)38-20-10-6-5-9-18(20)26/h2-13H,14H2,1H3/b33-22-. The molecule has 0 amide bonds. The highest BCUT2D eigenvalue weighted by Gasteiger charge is 2.35. The monoisotopic (exact) mass is 539 g/mol. The first kappa shape index (κ1) is 25.5. The quantitative estimate of drug-likeness (QED) is 0.151. The molecule has 3 aromatic carbocycles. The van der Waals surface area contributed by atoms with Crippen LogP contribution in [0.4, 0.5) is 17.6 Å². The molecule has 0 aliphatic heterocycles. The summed E-state index contributed by atoms with van der Waals surface area (Å²) in [6.07, 6.45) is -4.81. The van der Waals surface area contributed by atoms with E-state index in [0.717, 1.165) is 18.2 Å². The van der Waals surface area contributed by atoms with Gasteiger partial charge in [-0.1, -0.05) is 47.6 Å². The van der Waals surface area contributed by atoms with Crippen LogP contribution in [0.5, 0.6) is 11.5 Å². The molecular formula is C25H17F4N7O3. The lowest BCUT2D eigenvalue weighted by Gasteiger charge is -2.14. The number of halogens is 4. The lowest BCUT2D eigenvalue weighted by atomic mass is 10.1. The molecule has 0 atom stereocenters. The van der Waals surface area contributed by atoms with Crippen LogP contribution in [0.25, 0.3) is 11.5 Å². The molecule has 39 heavy (non-hydrogen) atoms.